The van der Waals surface area contributed by atoms with E-state index in [2.05, 4.69) is 0 Å². The maximum absolute atomic E-state index is 12.0. The lowest BCUT2D eigenvalue weighted by molar-refractivity contribution is -0.130. The molecule has 1 aliphatic heterocycles. The molecule has 4 nitrogen and oxygen atoms in total. The SMILES string of the molecule is CC1(O)CCN(C(=O)Cc2ccc(CN)cc2)C1. The number of aliphatic hydroxyl groups is 1. The summed E-state index contributed by atoms with van der Waals surface area (Å²) in [4.78, 5) is 13.8. The molecular weight excluding hydrogens is 228 g/mol. The van der Waals surface area contributed by atoms with Crippen LogP contribution in [0, 0.1) is 0 Å². The van der Waals surface area contributed by atoms with Crippen LogP contribution in [0.5, 0.6) is 0 Å². The number of carbonyl (C=O) groups is 1. The molecule has 1 atom stereocenters. The third kappa shape index (κ3) is 3.09. The minimum atomic E-state index is -0.723. The number of amides is 1. The maximum atomic E-state index is 12.0. The van der Waals surface area contributed by atoms with Crippen molar-refractivity contribution in [3.63, 3.8) is 0 Å². The van der Waals surface area contributed by atoms with Crippen LogP contribution in [0.1, 0.15) is 24.5 Å². The summed E-state index contributed by atoms with van der Waals surface area (Å²) in [6.45, 7) is 3.37. The van der Waals surface area contributed by atoms with Crippen molar-refractivity contribution in [3.8, 4) is 0 Å². The van der Waals surface area contributed by atoms with Gasteiger partial charge in [-0.1, -0.05) is 24.3 Å². The number of hydrogen-bond acceptors (Lipinski definition) is 3. The predicted octanol–water partition coefficient (Wildman–Crippen LogP) is 0.671. The molecule has 18 heavy (non-hydrogen) atoms. The molecule has 0 aliphatic carbocycles. The first-order chi connectivity index (χ1) is 8.50. The van der Waals surface area contributed by atoms with Gasteiger partial charge in [0.25, 0.3) is 0 Å². The third-order valence-corrected chi connectivity index (χ3v) is 3.42. The molecule has 1 unspecified atom stereocenters. The molecule has 1 aromatic carbocycles. The highest BCUT2D eigenvalue weighted by Gasteiger charge is 2.33. The van der Waals surface area contributed by atoms with E-state index in [4.69, 9.17) is 5.73 Å². The normalized spacial score (nSPS) is 23.4. The minimum absolute atomic E-state index is 0.0771. The monoisotopic (exact) mass is 248 g/mol. The standard InChI is InChI=1S/C14H20N2O2/c1-14(18)6-7-16(10-14)13(17)8-11-2-4-12(9-15)5-3-11/h2-5,18H,6-10,15H2,1H3. The second-order valence-corrected chi connectivity index (χ2v) is 5.26. The van der Waals surface area contributed by atoms with Crippen molar-refractivity contribution in [2.45, 2.75) is 31.9 Å². The van der Waals surface area contributed by atoms with E-state index >= 15 is 0 Å². The first-order valence-electron chi connectivity index (χ1n) is 6.28. The van der Waals surface area contributed by atoms with Crippen LogP contribution in [0.4, 0.5) is 0 Å². The summed E-state index contributed by atoms with van der Waals surface area (Å²) in [5, 5.41) is 9.84. The quantitative estimate of drug-likeness (QED) is 0.826. The van der Waals surface area contributed by atoms with Crippen LogP contribution in [-0.2, 0) is 17.8 Å². The van der Waals surface area contributed by atoms with Gasteiger partial charge in [0.1, 0.15) is 0 Å². The van der Waals surface area contributed by atoms with E-state index in [0.29, 0.717) is 32.5 Å². The van der Waals surface area contributed by atoms with E-state index in [1.165, 1.54) is 0 Å². The van der Waals surface area contributed by atoms with Crippen molar-refractivity contribution < 1.29 is 9.90 Å². The fraction of sp³-hybridized carbons (Fsp3) is 0.500. The fourth-order valence-corrected chi connectivity index (χ4v) is 2.24. The van der Waals surface area contributed by atoms with Crippen LogP contribution in [0.15, 0.2) is 24.3 Å². The van der Waals surface area contributed by atoms with Crippen molar-refractivity contribution in [2.24, 2.45) is 5.73 Å². The van der Waals surface area contributed by atoms with Crippen LogP contribution in [0.25, 0.3) is 0 Å². The zero-order valence-corrected chi connectivity index (χ0v) is 10.7. The van der Waals surface area contributed by atoms with Crippen LogP contribution in [0.3, 0.4) is 0 Å². The van der Waals surface area contributed by atoms with E-state index in [1.807, 2.05) is 24.3 Å². The zero-order chi connectivity index (χ0) is 13.2. The molecule has 0 aromatic heterocycles. The van der Waals surface area contributed by atoms with Gasteiger partial charge in [-0.3, -0.25) is 4.79 Å². The average Bonchev–Trinajstić information content (AvgIpc) is 2.71. The van der Waals surface area contributed by atoms with Gasteiger partial charge >= 0.3 is 0 Å². The number of β-amino-alcohol motifs (C(OH)–C–C–N with tert-alkyl or cyclic N) is 1. The van der Waals surface area contributed by atoms with E-state index < -0.39 is 5.60 Å². The van der Waals surface area contributed by atoms with Gasteiger partial charge < -0.3 is 15.7 Å². The van der Waals surface area contributed by atoms with Gasteiger partial charge in [0.05, 0.1) is 12.0 Å². The molecule has 1 aliphatic rings. The molecule has 1 heterocycles. The van der Waals surface area contributed by atoms with E-state index in [0.717, 1.165) is 11.1 Å². The molecule has 2 rings (SSSR count). The Morgan fingerprint density at radius 3 is 2.50 bits per heavy atom. The second-order valence-electron chi connectivity index (χ2n) is 5.26. The zero-order valence-electron chi connectivity index (χ0n) is 10.7. The molecule has 1 amide bonds. The molecule has 1 fully saturated rings. The summed E-state index contributed by atoms with van der Waals surface area (Å²) in [5.74, 6) is 0.0771. The van der Waals surface area contributed by atoms with Gasteiger partial charge in [-0.2, -0.15) is 0 Å². The number of carbonyl (C=O) groups excluding carboxylic acids is 1. The van der Waals surface area contributed by atoms with Crippen molar-refractivity contribution in [2.75, 3.05) is 13.1 Å². The number of likely N-dealkylation sites (tertiary alicyclic amines) is 1. The minimum Gasteiger partial charge on any atom is -0.388 e. The van der Waals surface area contributed by atoms with Gasteiger partial charge in [0.2, 0.25) is 5.91 Å². The smallest absolute Gasteiger partial charge is 0.227 e. The summed E-state index contributed by atoms with van der Waals surface area (Å²) in [7, 11) is 0. The molecule has 1 saturated heterocycles. The fourth-order valence-electron chi connectivity index (χ4n) is 2.24. The maximum Gasteiger partial charge on any atom is 0.227 e. The Balaban J connectivity index is 1.95. The molecule has 0 saturated carbocycles. The van der Waals surface area contributed by atoms with Crippen LogP contribution >= 0.6 is 0 Å². The van der Waals surface area contributed by atoms with Crippen molar-refractivity contribution in [1.82, 2.24) is 4.90 Å². The lowest BCUT2D eigenvalue weighted by atomic mass is 10.1. The van der Waals surface area contributed by atoms with Gasteiger partial charge in [-0.15, -0.1) is 0 Å². The lowest BCUT2D eigenvalue weighted by Gasteiger charge is -2.19. The Bertz CT molecular complexity index is 426. The summed E-state index contributed by atoms with van der Waals surface area (Å²) in [6.07, 6.45) is 1.05. The molecule has 0 bridgehead atoms. The number of rotatable bonds is 3. The summed E-state index contributed by atoms with van der Waals surface area (Å²) in [6, 6.07) is 7.77. The Labute approximate surface area is 107 Å². The van der Waals surface area contributed by atoms with Crippen LogP contribution in [0.2, 0.25) is 0 Å². The Hall–Kier alpha value is -1.39. The molecule has 3 N–H and O–H groups in total. The van der Waals surface area contributed by atoms with Gasteiger partial charge in [-0.25, -0.2) is 0 Å². The largest absolute Gasteiger partial charge is 0.388 e. The van der Waals surface area contributed by atoms with Gasteiger partial charge in [0.15, 0.2) is 0 Å². The van der Waals surface area contributed by atoms with Crippen molar-refractivity contribution in [1.29, 1.82) is 0 Å². The van der Waals surface area contributed by atoms with E-state index in [1.54, 1.807) is 11.8 Å². The predicted molar refractivity (Wildman–Crippen MR) is 69.9 cm³/mol. The third-order valence-electron chi connectivity index (χ3n) is 3.42. The Morgan fingerprint density at radius 2 is 2.00 bits per heavy atom. The molecule has 98 valence electrons. The molecule has 4 heteroatoms. The molecule has 0 spiro atoms. The summed E-state index contributed by atoms with van der Waals surface area (Å²) >= 11 is 0. The number of nitrogens with zero attached hydrogens (tertiary/aromatic N) is 1. The first kappa shape index (κ1) is 13.1. The van der Waals surface area contributed by atoms with Gasteiger partial charge in [0, 0.05) is 19.6 Å². The van der Waals surface area contributed by atoms with E-state index in [9.17, 15) is 9.90 Å². The Morgan fingerprint density at radius 1 is 1.39 bits per heavy atom. The highest BCUT2D eigenvalue weighted by atomic mass is 16.3. The Kier molecular flexibility index (Phi) is 3.68. The average molecular weight is 248 g/mol. The topological polar surface area (TPSA) is 66.6 Å². The highest BCUT2D eigenvalue weighted by Crippen LogP contribution is 2.21. The van der Waals surface area contributed by atoms with Gasteiger partial charge in [-0.05, 0) is 24.5 Å². The number of hydrogen-bond donors (Lipinski definition) is 2. The van der Waals surface area contributed by atoms with Crippen LogP contribution in [-0.4, -0.2) is 34.6 Å². The first-order valence-corrected chi connectivity index (χ1v) is 6.28. The van der Waals surface area contributed by atoms with Crippen LogP contribution < -0.4 is 5.73 Å². The summed E-state index contributed by atoms with van der Waals surface area (Å²) < 4.78 is 0. The lowest BCUT2D eigenvalue weighted by Crippen LogP contribution is -2.34. The van der Waals surface area contributed by atoms with E-state index in [-0.39, 0.29) is 5.91 Å². The molecular formula is C14H20N2O2. The highest BCUT2D eigenvalue weighted by molar-refractivity contribution is 5.79. The second kappa shape index (κ2) is 5.08. The summed E-state index contributed by atoms with van der Waals surface area (Å²) in [5.41, 5.74) is 6.86. The number of nitrogens with two attached hydrogens (primary N) is 1. The van der Waals surface area contributed by atoms with Crippen molar-refractivity contribution in [3.05, 3.63) is 35.4 Å². The molecule has 0 radical (unpaired) electrons. The molecule has 1 aromatic rings. The van der Waals surface area contributed by atoms with Crippen molar-refractivity contribution >= 4 is 5.91 Å². The number of benzene rings is 1.